The topological polar surface area (TPSA) is 62.5 Å². The van der Waals surface area contributed by atoms with Gasteiger partial charge in [-0.2, -0.15) is 10.2 Å². The number of hydrogen-bond donors (Lipinski definition) is 1. The molecule has 0 saturated heterocycles. The molecule has 26 heavy (non-hydrogen) atoms. The summed E-state index contributed by atoms with van der Waals surface area (Å²) in [5, 5.41) is 13.6. The minimum Gasteiger partial charge on any atom is -0.304 e. The summed E-state index contributed by atoms with van der Waals surface area (Å²) in [6.07, 6.45) is 2.33. The Morgan fingerprint density at radius 1 is 1.04 bits per heavy atom. The molecule has 2 heterocycles. The number of para-hydroxylation sites is 1. The zero-order valence-electron chi connectivity index (χ0n) is 14.4. The first-order chi connectivity index (χ1) is 12.7. The van der Waals surface area contributed by atoms with Crippen molar-refractivity contribution >= 4 is 23.1 Å². The molecule has 1 atom stereocenters. The molecule has 0 fully saturated rings. The minimum absolute atomic E-state index is 0.0110. The summed E-state index contributed by atoms with van der Waals surface area (Å²) < 4.78 is 1.65. The van der Waals surface area contributed by atoms with E-state index in [-0.39, 0.29) is 11.9 Å². The van der Waals surface area contributed by atoms with E-state index in [9.17, 15) is 4.79 Å². The minimum atomic E-state index is -0.219. The van der Waals surface area contributed by atoms with E-state index in [1.807, 2.05) is 60.6 Å². The van der Waals surface area contributed by atoms with Gasteiger partial charge in [-0.25, -0.2) is 0 Å². The largest absolute Gasteiger partial charge is 0.304 e. The van der Waals surface area contributed by atoms with E-state index < -0.39 is 0 Å². The van der Waals surface area contributed by atoms with Gasteiger partial charge in [0.25, 0.3) is 5.91 Å². The van der Waals surface area contributed by atoms with Gasteiger partial charge in [0.2, 0.25) is 0 Å². The SMILES string of the molecule is Cn1ccc(NC(=O)C2=NN(c3ccccc3)[C@@H](c3ccccc3)C2)n1. The molecule has 0 aliphatic carbocycles. The van der Waals surface area contributed by atoms with Gasteiger partial charge in [0.1, 0.15) is 5.71 Å². The van der Waals surface area contributed by atoms with Gasteiger partial charge in [0.15, 0.2) is 5.82 Å². The summed E-state index contributed by atoms with van der Waals surface area (Å²) in [6.45, 7) is 0. The summed E-state index contributed by atoms with van der Waals surface area (Å²) in [6, 6.07) is 21.8. The van der Waals surface area contributed by atoms with Crippen LogP contribution in [0.25, 0.3) is 0 Å². The lowest BCUT2D eigenvalue weighted by molar-refractivity contribution is -0.110. The Bertz CT molecular complexity index is 933. The molecule has 4 rings (SSSR count). The van der Waals surface area contributed by atoms with E-state index in [1.54, 1.807) is 16.9 Å². The quantitative estimate of drug-likeness (QED) is 0.789. The molecule has 1 aliphatic heterocycles. The van der Waals surface area contributed by atoms with Crippen molar-refractivity contribution in [3.63, 3.8) is 0 Å². The Morgan fingerprint density at radius 3 is 2.38 bits per heavy atom. The highest BCUT2D eigenvalue weighted by atomic mass is 16.2. The fourth-order valence-electron chi connectivity index (χ4n) is 3.07. The Hall–Kier alpha value is -3.41. The van der Waals surface area contributed by atoms with Crippen LogP contribution >= 0.6 is 0 Å². The van der Waals surface area contributed by atoms with Crippen molar-refractivity contribution in [3.8, 4) is 0 Å². The molecule has 6 nitrogen and oxygen atoms in total. The molecule has 1 aromatic heterocycles. The van der Waals surface area contributed by atoms with Crippen molar-refractivity contribution in [2.75, 3.05) is 10.3 Å². The fourth-order valence-corrected chi connectivity index (χ4v) is 3.07. The first-order valence-corrected chi connectivity index (χ1v) is 8.48. The molecule has 0 saturated carbocycles. The van der Waals surface area contributed by atoms with Crippen LogP contribution in [0.2, 0.25) is 0 Å². The molecule has 1 N–H and O–H groups in total. The van der Waals surface area contributed by atoms with Crippen molar-refractivity contribution in [1.82, 2.24) is 9.78 Å². The lowest BCUT2D eigenvalue weighted by Crippen LogP contribution is -2.22. The lowest BCUT2D eigenvalue weighted by atomic mass is 10.0. The monoisotopic (exact) mass is 345 g/mol. The van der Waals surface area contributed by atoms with Gasteiger partial charge in [-0.3, -0.25) is 14.5 Å². The number of amides is 1. The maximum absolute atomic E-state index is 12.7. The van der Waals surface area contributed by atoms with E-state index in [4.69, 9.17) is 0 Å². The van der Waals surface area contributed by atoms with Gasteiger partial charge < -0.3 is 5.32 Å². The third kappa shape index (κ3) is 3.21. The summed E-state index contributed by atoms with van der Waals surface area (Å²) in [5.74, 6) is 0.303. The summed E-state index contributed by atoms with van der Waals surface area (Å²) in [7, 11) is 1.81. The summed E-state index contributed by atoms with van der Waals surface area (Å²) in [4.78, 5) is 12.7. The molecular formula is C20H19N5O. The average molecular weight is 345 g/mol. The highest BCUT2D eigenvalue weighted by Gasteiger charge is 2.32. The van der Waals surface area contributed by atoms with E-state index in [0.29, 0.717) is 18.0 Å². The van der Waals surface area contributed by atoms with E-state index in [2.05, 4.69) is 27.6 Å². The van der Waals surface area contributed by atoms with Gasteiger partial charge in [0.05, 0.1) is 11.7 Å². The second kappa shape index (κ2) is 6.84. The highest BCUT2D eigenvalue weighted by molar-refractivity contribution is 6.43. The molecule has 6 heteroatoms. The second-order valence-corrected chi connectivity index (χ2v) is 6.19. The molecule has 1 aliphatic rings. The third-order valence-electron chi connectivity index (χ3n) is 4.33. The number of hydrazone groups is 1. The number of benzene rings is 2. The number of nitrogens with zero attached hydrogens (tertiary/aromatic N) is 4. The van der Waals surface area contributed by atoms with Gasteiger partial charge in [-0.1, -0.05) is 48.5 Å². The number of nitrogens with one attached hydrogen (secondary N) is 1. The summed E-state index contributed by atoms with van der Waals surface area (Å²) >= 11 is 0. The first kappa shape index (κ1) is 16.1. The number of hydrogen-bond acceptors (Lipinski definition) is 4. The van der Waals surface area contributed by atoms with Crippen LogP contribution in [-0.2, 0) is 11.8 Å². The number of carbonyl (C=O) groups excluding carboxylic acids is 1. The van der Waals surface area contributed by atoms with Crippen LogP contribution in [-0.4, -0.2) is 21.4 Å². The van der Waals surface area contributed by atoms with Crippen LogP contribution < -0.4 is 10.3 Å². The van der Waals surface area contributed by atoms with Crippen LogP contribution in [0.4, 0.5) is 11.5 Å². The predicted octanol–water partition coefficient (Wildman–Crippen LogP) is 3.37. The first-order valence-electron chi connectivity index (χ1n) is 8.48. The Labute approximate surface area is 151 Å². The van der Waals surface area contributed by atoms with Crippen LogP contribution in [0.15, 0.2) is 78.0 Å². The maximum atomic E-state index is 12.7. The van der Waals surface area contributed by atoms with Crippen molar-refractivity contribution in [3.05, 3.63) is 78.5 Å². The molecule has 0 bridgehead atoms. The Balaban J connectivity index is 1.62. The summed E-state index contributed by atoms with van der Waals surface area (Å²) in [5.41, 5.74) is 2.58. The van der Waals surface area contributed by atoms with Crippen LogP contribution in [0.3, 0.4) is 0 Å². The predicted molar refractivity (Wildman–Crippen MR) is 102 cm³/mol. The number of rotatable bonds is 4. The lowest BCUT2D eigenvalue weighted by Gasteiger charge is -2.23. The molecule has 1 amide bonds. The van der Waals surface area contributed by atoms with Gasteiger partial charge in [-0.15, -0.1) is 0 Å². The molecule has 0 radical (unpaired) electrons. The standard InChI is InChI=1S/C20H19N5O/c1-24-13-12-19(23-24)21-20(26)17-14-18(15-8-4-2-5-9-15)25(22-17)16-10-6-3-7-11-16/h2-13,18H,14H2,1H3,(H,21,23,26)/t18-/m1/s1. The second-order valence-electron chi connectivity index (χ2n) is 6.19. The molecule has 2 aromatic carbocycles. The zero-order valence-corrected chi connectivity index (χ0v) is 14.4. The van der Waals surface area contributed by atoms with E-state index >= 15 is 0 Å². The number of aryl methyl sites for hydroxylation is 1. The van der Waals surface area contributed by atoms with Crippen molar-refractivity contribution in [1.29, 1.82) is 0 Å². The average Bonchev–Trinajstić information content (AvgIpc) is 3.30. The van der Waals surface area contributed by atoms with Gasteiger partial charge in [-0.05, 0) is 17.7 Å². The normalized spacial score (nSPS) is 16.4. The van der Waals surface area contributed by atoms with Gasteiger partial charge in [0, 0.05) is 25.7 Å². The molecule has 0 unspecified atom stereocenters. The number of anilines is 2. The molecule has 3 aromatic rings. The molecule has 0 spiro atoms. The van der Waals surface area contributed by atoms with Crippen molar-refractivity contribution < 1.29 is 4.79 Å². The Morgan fingerprint density at radius 2 is 1.73 bits per heavy atom. The van der Waals surface area contributed by atoms with Crippen molar-refractivity contribution in [2.24, 2.45) is 12.1 Å². The van der Waals surface area contributed by atoms with Crippen molar-refractivity contribution in [2.45, 2.75) is 12.5 Å². The van der Waals surface area contributed by atoms with Crippen LogP contribution in [0, 0.1) is 0 Å². The number of aromatic nitrogens is 2. The maximum Gasteiger partial charge on any atom is 0.273 e. The van der Waals surface area contributed by atoms with Crippen LogP contribution in [0.5, 0.6) is 0 Å². The zero-order chi connectivity index (χ0) is 17.9. The van der Waals surface area contributed by atoms with Gasteiger partial charge >= 0.3 is 0 Å². The molecular weight excluding hydrogens is 326 g/mol. The smallest absolute Gasteiger partial charge is 0.273 e. The molecule has 130 valence electrons. The van der Waals surface area contributed by atoms with E-state index in [0.717, 1.165) is 11.3 Å². The fraction of sp³-hybridized carbons (Fsp3) is 0.150. The third-order valence-corrected chi connectivity index (χ3v) is 4.33. The number of carbonyl (C=O) groups is 1. The van der Waals surface area contributed by atoms with E-state index in [1.165, 1.54) is 0 Å². The highest BCUT2D eigenvalue weighted by Crippen LogP contribution is 2.35. The Kier molecular flexibility index (Phi) is 4.23. The van der Waals surface area contributed by atoms with Crippen LogP contribution in [0.1, 0.15) is 18.0 Å².